The van der Waals surface area contributed by atoms with Crippen LogP contribution in [0.2, 0.25) is 5.02 Å². The summed E-state index contributed by atoms with van der Waals surface area (Å²) < 4.78 is 0. The van der Waals surface area contributed by atoms with Gasteiger partial charge in [-0.1, -0.05) is 66.2 Å². The van der Waals surface area contributed by atoms with Gasteiger partial charge in [-0.2, -0.15) is 0 Å². The Kier molecular flexibility index (Phi) is 5.35. The maximum atomic E-state index is 6.07. The number of hydrogen-bond donors (Lipinski definition) is 0. The molecule has 0 unspecified atom stereocenters. The van der Waals surface area contributed by atoms with E-state index in [1.54, 1.807) is 0 Å². The standard InChI is InChI=1S/C25H23ClN4/c26-22-11-9-19(10-12-22)23-7-3-1-6-21(23)18-29-13-15-30(16-14-29)25-27-17-20-5-2-4-8-24(20)28-25/h1-12,17H,13-16,18H2. The molecular formula is C25H23ClN4. The number of piperazine rings is 1. The molecular weight excluding hydrogens is 392 g/mol. The van der Waals surface area contributed by atoms with Crippen molar-refractivity contribution >= 4 is 28.5 Å². The average molecular weight is 415 g/mol. The first-order chi connectivity index (χ1) is 14.8. The summed E-state index contributed by atoms with van der Waals surface area (Å²) in [5.74, 6) is 0.829. The monoisotopic (exact) mass is 414 g/mol. The van der Waals surface area contributed by atoms with Gasteiger partial charge in [-0.05, 0) is 34.9 Å². The van der Waals surface area contributed by atoms with Crippen molar-refractivity contribution < 1.29 is 0 Å². The minimum absolute atomic E-state index is 0.767. The molecule has 150 valence electrons. The molecule has 0 aliphatic carbocycles. The fourth-order valence-electron chi connectivity index (χ4n) is 4.03. The third-order valence-corrected chi connectivity index (χ3v) is 5.95. The first-order valence-electron chi connectivity index (χ1n) is 10.3. The SMILES string of the molecule is Clc1ccc(-c2ccccc2CN2CCN(c3ncc4ccccc4n3)CC2)cc1. The van der Waals surface area contributed by atoms with Gasteiger partial charge in [0.1, 0.15) is 0 Å². The summed E-state index contributed by atoms with van der Waals surface area (Å²) >= 11 is 6.07. The molecule has 2 heterocycles. The number of aromatic nitrogens is 2. The first kappa shape index (κ1) is 19.0. The van der Waals surface area contributed by atoms with Crippen LogP contribution in [0.15, 0.2) is 79.0 Å². The molecule has 5 heteroatoms. The molecule has 0 amide bonds. The van der Waals surface area contributed by atoms with Crippen LogP contribution >= 0.6 is 11.6 Å². The third-order valence-electron chi connectivity index (χ3n) is 5.70. The van der Waals surface area contributed by atoms with Crippen LogP contribution in [0, 0.1) is 0 Å². The van der Waals surface area contributed by atoms with Gasteiger partial charge in [-0.3, -0.25) is 4.90 Å². The van der Waals surface area contributed by atoms with E-state index in [0.29, 0.717) is 0 Å². The van der Waals surface area contributed by atoms with E-state index in [1.165, 1.54) is 16.7 Å². The van der Waals surface area contributed by atoms with Crippen LogP contribution in [-0.4, -0.2) is 41.0 Å². The molecule has 1 aliphatic rings. The Morgan fingerprint density at radius 1 is 0.800 bits per heavy atom. The Morgan fingerprint density at radius 3 is 2.37 bits per heavy atom. The van der Waals surface area contributed by atoms with Crippen molar-refractivity contribution in [1.82, 2.24) is 14.9 Å². The maximum absolute atomic E-state index is 6.07. The topological polar surface area (TPSA) is 32.3 Å². The van der Waals surface area contributed by atoms with E-state index < -0.39 is 0 Å². The zero-order chi connectivity index (χ0) is 20.3. The molecule has 3 aromatic carbocycles. The summed E-state index contributed by atoms with van der Waals surface area (Å²) in [7, 11) is 0. The molecule has 0 N–H and O–H groups in total. The molecule has 0 atom stereocenters. The number of halogens is 1. The molecule has 1 aromatic heterocycles. The highest BCUT2D eigenvalue weighted by molar-refractivity contribution is 6.30. The van der Waals surface area contributed by atoms with Crippen molar-refractivity contribution in [1.29, 1.82) is 0 Å². The first-order valence-corrected chi connectivity index (χ1v) is 10.7. The van der Waals surface area contributed by atoms with Crippen LogP contribution < -0.4 is 4.90 Å². The van der Waals surface area contributed by atoms with Crippen LogP contribution in [0.3, 0.4) is 0 Å². The van der Waals surface area contributed by atoms with Gasteiger partial charge in [0, 0.05) is 49.3 Å². The van der Waals surface area contributed by atoms with E-state index in [1.807, 2.05) is 36.5 Å². The van der Waals surface area contributed by atoms with Crippen LogP contribution in [0.25, 0.3) is 22.0 Å². The number of anilines is 1. The Labute approximate surface area is 181 Å². The molecule has 1 aliphatic heterocycles. The number of fused-ring (bicyclic) bond motifs is 1. The lowest BCUT2D eigenvalue weighted by Crippen LogP contribution is -2.46. The zero-order valence-corrected chi connectivity index (χ0v) is 17.5. The normalized spacial score (nSPS) is 14.9. The second-order valence-electron chi connectivity index (χ2n) is 7.66. The zero-order valence-electron chi connectivity index (χ0n) is 16.7. The number of nitrogens with zero attached hydrogens (tertiary/aromatic N) is 4. The Balaban J connectivity index is 1.28. The van der Waals surface area contributed by atoms with Gasteiger partial charge in [0.05, 0.1) is 5.52 Å². The number of benzene rings is 3. The molecule has 1 fully saturated rings. The molecule has 5 rings (SSSR count). The van der Waals surface area contributed by atoms with Crippen LogP contribution in [0.4, 0.5) is 5.95 Å². The Hall–Kier alpha value is -2.95. The molecule has 0 bridgehead atoms. The number of para-hydroxylation sites is 1. The molecule has 0 saturated carbocycles. The van der Waals surface area contributed by atoms with Crippen molar-refractivity contribution in [2.24, 2.45) is 0 Å². The lowest BCUT2D eigenvalue weighted by Gasteiger charge is -2.35. The maximum Gasteiger partial charge on any atom is 0.225 e. The number of hydrogen-bond acceptors (Lipinski definition) is 4. The van der Waals surface area contributed by atoms with Gasteiger partial charge in [-0.25, -0.2) is 9.97 Å². The Bertz CT molecular complexity index is 1150. The second-order valence-corrected chi connectivity index (χ2v) is 8.09. The van der Waals surface area contributed by atoms with Gasteiger partial charge >= 0.3 is 0 Å². The van der Waals surface area contributed by atoms with Gasteiger partial charge in [0.15, 0.2) is 0 Å². The highest BCUT2D eigenvalue weighted by atomic mass is 35.5. The Morgan fingerprint density at radius 2 is 1.53 bits per heavy atom. The summed E-state index contributed by atoms with van der Waals surface area (Å²) in [5, 5.41) is 1.85. The average Bonchev–Trinajstić information content (AvgIpc) is 2.80. The van der Waals surface area contributed by atoms with E-state index in [0.717, 1.165) is 54.6 Å². The molecule has 4 nitrogen and oxygen atoms in total. The van der Waals surface area contributed by atoms with Gasteiger partial charge in [-0.15, -0.1) is 0 Å². The minimum atomic E-state index is 0.767. The minimum Gasteiger partial charge on any atom is -0.338 e. The molecule has 1 saturated heterocycles. The van der Waals surface area contributed by atoms with Crippen molar-refractivity contribution in [2.45, 2.75) is 6.54 Å². The molecule has 30 heavy (non-hydrogen) atoms. The van der Waals surface area contributed by atoms with E-state index in [-0.39, 0.29) is 0 Å². The van der Waals surface area contributed by atoms with E-state index >= 15 is 0 Å². The van der Waals surface area contributed by atoms with Crippen molar-refractivity contribution in [3.05, 3.63) is 89.6 Å². The highest BCUT2D eigenvalue weighted by Gasteiger charge is 2.20. The second kappa shape index (κ2) is 8.42. The molecule has 0 spiro atoms. The number of rotatable bonds is 4. The summed E-state index contributed by atoms with van der Waals surface area (Å²) in [6.45, 7) is 4.78. The predicted octanol–water partition coefficient (Wildman–Crippen LogP) is 5.27. The van der Waals surface area contributed by atoms with Gasteiger partial charge < -0.3 is 4.90 Å². The van der Waals surface area contributed by atoms with Crippen molar-refractivity contribution in [2.75, 3.05) is 31.1 Å². The largest absolute Gasteiger partial charge is 0.338 e. The summed E-state index contributed by atoms with van der Waals surface area (Å²) in [6, 6.07) is 24.9. The molecule has 0 radical (unpaired) electrons. The van der Waals surface area contributed by atoms with Crippen LogP contribution in [-0.2, 0) is 6.54 Å². The van der Waals surface area contributed by atoms with E-state index in [2.05, 4.69) is 57.2 Å². The van der Waals surface area contributed by atoms with E-state index in [4.69, 9.17) is 16.6 Å². The van der Waals surface area contributed by atoms with Gasteiger partial charge in [0.2, 0.25) is 5.95 Å². The van der Waals surface area contributed by atoms with Gasteiger partial charge in [0.25, 0.3) is 0 Å². The third kappa shape index (κ3) is 4.02. The smallest absolute Gasteiger partial charge is 0.225 e. The van der Waals surface area contributed by atoms with Crippen molar-refractivity contribution in [3.63, 3.8) is 0 Å². The quantitative estimate of drug-likeness (QED) is 0.455. The fraction of sp³-hybridized carbons (Fsp3) is 0.200. The fourth-order valence-corrected chi connectivity index (χ4v) is 4.16. The lowest BCUT2D eigenvalue weighted by atomic mass is 9.99. The predicted molar refractivity (Wildman–Crippen MR) is 124 cm³/mol. The molecule has 4 aromatic rings. The summed E-state index contributed by atoms with van der Waals surface area (Å²) in [5.41, 5.74) is 4.82. The van der Waals surface area contributed by atoms with Crippen LogP contribution in [0.1, 0.15) is 5.56 Å². The van der Waals surface area contributed by atoms with Crippen LogP contribution in [0.5, 0.6) is 0 Å². The summed E-state index contributed by atoms with van der Waals surface area (Å²) in [6.07, 6.45) is 1.92. The highest BCUT2D eigenvalue weighted by Crippen LogP contribution is 2.26. The van der Waals surface area contributed by atoms with Crippen molar-refractivity contribution in [3.8, 4) is 11.1 Å². The summed E-state index contributed by atoms with van der Waals surface area (Å²) in [4.78, 5) is 14.1. The van der Waals surface area contributed by atoms with E-state index in [9.17, 15) is 0 Å². The lowest BCUT2D eigenvalue weighted by molar-refractivity contribution is 0.249.